The first-order valence-corrected chi connectivity index (χ1v) is 6.79. The van der Waals surface area contributed by atoms with E-state index in [1.807, 2.05) is 48.5 Å². The Morgan fingerprint density at radius 1 is 1.24 bits per heavy atom. The van der Waals surface area contributed by atoms with E-state index in [9.17, 15) is 4.79 Å². The van der Waals surface area contributed by atoms with Gasteiger partial charge in [-0.15, -0.1) is 0 Å². The Balaban J connectivity index is 1.98. The number of anilines is 1. The average Bonchev–Trinajstić information content (AvgIpc) is 2.53. The Morgan fingerprint density at radius 3 is 2.57 bits per heavy atom. The van der Waals surface area contributed by atoms with E-state index in [1.54, 1.807) is 14.0 Å². The van der Waals surface area contributed by atoms with Gasteiger partial charge >= 0.3 is 5.97 Å². The van der Waals surface area contributed by atoms with Crippen molar-refractivity contribution in [1.82, 2.24) is 0 Å². The van der Waals surface area contributed by atoms with E-state index in [2.05, 4.69) is 5.32 Å². The summed E-state index contributed by atoms with van der Waals surface area (Å²) in [6.07, 6.45) is 0. The summed E-state index contributed by atoms with van der Waals surface area (Å²) in [4.78, 5) is 10.9. The zero-order chi connectivity index (χ0) is 15.2. The molecule has 2 N–H and O–H groups in total. The van der Waals surface area contributed by atoms with Gasteiger partial charge in [-0.05, 0) is 30.2 Å². The van der Waals surface area contributed by atoms with Crippen molar-refractivity contribution in [2.24, 2.45) is 0 Å². The van der Waals surface area contributed by atoms with E-state index in [-0.39, 0.29) is 0 Å². The molecule has 2 rings (SSSR count). The van der Waals surface area contributed by atoms with E-state index in [4.69, 9.17) is 9.84 Å². The third-order valence-electron chi connectivity index (χ3n) is 3.42. The van der Waals surface area contributed by atoms with Crippen LogP contribution in [-0.2, 0) is 11.3 Å². The molecule has 21 heavy (non-hydrogen) atoms. The third kappa shape index (κ3) is 3.99. The molecule has 0 radical (unpaired) electrons. The number of methoxy groups -OCH3 is 1. The normalized spacial score (nSPS) is 11.7. The lowest BCUT2D eigenvalue weighted by atomic mass is 10.00. The highest BCUT2D eigenvalue weighted by atomic mass is 16.5. The van der Waals surface area contributed by atoms with Gasteiger partial charge in [0.05, 0.1) is 13.0 Å². The van der Waals surface area contributed by atoms with Crippen LogP contribution in [0.3, 0.4) is 0 Å². The summed E-state index contributed by atoms with van der Waals surface area (Å²) in [5, 5.41) is 12.3. The summed E-state index contributed by atoms with van der Waals surface area (Å²) >= 11 is 0. The maximum Gasteiger partial charge on any atom is 0.310 e. The molecule has 2 aromatic carbocycles. The minimum absolute atomic E-state index is 0.481. The molecule has 0 aliphatic heterocycles. The van der Waals surface area contributed by atoms with Gasteiger partial charge in [-0.3, -0.25) is 4.79 Å². The van der Waals surface area contributed by atoms with Gasteiger partial charge < -0.3 is 15.2 Å². The highest BCUT2D eigenvalue weighted by Gasteiger charge is 2.12. The minimum Gasteiger partial charge on any atom is -0.497 e. The predicted octanol–water partition coefficient (Wildman–Crippen LogP) is 3.50. The van der Waals surface area contributed by atoms with Gasteiger partial charge in [0.15, 0.2) is 0 Å². The molecule has 1 unspecified atom stereocenters. The summed E-state index contributed by atoms with van der Waals surface area (Å²) < 4.78 is 5.18. The van der Waals surface area contributed by atoms with E-state index in [0.29, 0.717) is 6.54 Å². The molecule has 0 aliphatic carbocycles. The molecule has 0 saturated carbocycles. The summed E-state index contributed by atoms with van der Waals surface area (Å²) in [5.74, 6) is -0.478. The summed E-state index contributed by atoms with van der Waals surface area (Å²) in [6, 6.07) is 15.4. The number of hydrogen-bond acceptors (Lipinski definition) is 3. The van der Waals surface area contributed by atoms with Crippen LogP contribution in [-0.4, -0.2) is 18.2 Å². The maximum atomic E-state index is 10.9. The van der Waals surface area contributed by atoms with E-state index < -0.39 is 11.9 Å². The molecule has 0 bridgehead atoms. The number of aliphatic carboxylic acids is 1. The number of carboxylic acids is 1. The molecule has 4 nitrogen and oxygen atoms in total. The lowest BCUT2D eigenvalue weighted by Crippen LogP contribution is -2.07. The monoisotopic (exact) mass is 285 g/mol. The SMILES string of the molecule is COc1cccc(NCc2ccc(C(C)C(=O)O)cc2)c1. The number of hydrogen-bond donors (Lipinski definition) is 2. The molecule has 2 aromatic rings. The van der Waals surface area contributed by atoms with Crippen LogP contribution in [0.4, 0.5) is 5.69 Å². The number of ether oxygens (including phenoxy) is 1. The van der Waals surface area contributed by atoms with Crippen molar-refractivity contribution < 1.29 is 14.6 Å². The molecular formula is C17H19NO3. The van der Waals surface area contributed by atoms with Crippen molar-refractivity contribution in [1.29, 1.82) is 0 Å². The number of rotatable bonds is 6. The smallest absolute Gasteiger partial charge is 0.310 e. The summed E-state index contributed by atoms with van der Waals surface area (Å²) in [5.41, 5.74) is 2.89. The fraction of sp³-hybridized carbons (Fsp3) is 0.235. The van der Waals surface area contributed by atoms with Gasteiger partial charge in [-0.25, -0.2) is 0 Å². The molecule has 0 aromatic heterocycles. The standard InChI is InChI=1S/C17H19NO3/c1-12(17(19)20)14-8-6-13(7-9-14)11-18-15-4-3-5-16(10-15)21-2/h3-10,12,18H,11H2,1-2H3,(H,19,20). The highest BCUT2D eigenvalue weighted by molar-refractivity contribution is 5.75. The van der Waals surface area contributed by atoms with Gasteiger partial charge in [-0.1, -0.05) is 30.3 Å². The van der Waals surface area contributed by atoms with Crippen LogP contribution in [0.15, 0.2) is 48.5 Å². The van der Waals surface area contributed by atoms with Gasteiger partial charge in [0.1, 0.15) is 5.75 Å². The highest BCUT2D eigenvalue weighted by Crippen LogP contribution is 2.19. The van der Waals surface area contributed by atoms with E-state index in [0.717, 1.165) is 22.6 Å². The Bertz CT molecular complexity index is 608. The van der Waals surface area contributed by atoms with Crippen LogP contribution < -0.4 is 10.1 Å². The quantitative estimate of drug-likeness (QED) is 0.853. The summed E-state index contributed by atoms with van der Waals surface area (Å²) in [7, 11) is 1.64. The lowest BCUT2D eigenvalue weighted by molar-refractivity contribution is -0.138. The van der Waals surface area contributed by atoms with E-state index in [1.165, 1.54) is 0 Å². The van der Waals surface area contributed by atoms with Crippen molar-refractivity contribution in [3.05, 3.63) is 59.7 Å². The molecule has 0 aliphatic rings. The first kappa shape index (κ1) is 14.9. The van der Waals surface area contributed by atoms with Gasteiger partial charge in [-0.2, -0.15) is 0 Å². The topological polar surface area (TPSA) is 58.6 Å². The first-order chi connectivity index (χ1) is 10.1. The van der Waals surface area contributed by atoms with Crippen molar-refractivity contribution in [2.45, 2.75) is 19.4 Å². The Morgan fingerprint density at radius 2 is 1.95 bits per heavy atom. The first-order valence-electron chi connectivity index (χ1n) is 6.79. The van der Waals surface area contributed by atoms with Crippen LogP contribution >= 0.6 is 0 Å². The molecule has 0 heterocycles. The van der Waals surface area contributed by atoms with Crippen LogP contribution in [0.1, 0.15) is 24.0 Å². The number of carboxylic acid groups (broad SMARTS) is 1. The third-order valence-corrected chi connectivity index (χ3v) is 3.42. The zero-order valence-electron chi connectivity index (χ0n) is 12.2. The lowest BCUT2D eigenvalue weighted by Gasteiger charge is -2.10. The zero-order valence-corrected chi connectivity index (χ0v) is 12.2. The molecule has 0 fully saturated rings. The molecular weight excluding hydrogens is 266 g/mol. The van der Waals surface area contributed by atoms with Gasteiger partial charge in [0.2, 0.25) is 0 Å². The maximum absolute atomic E-state index is 10.9. The number of benzene rings is 2. The van der Waals surface area contributed by atoms with Crippen LogP contribution in [0.25, 0.3) is 0 Å². The van der Waals surface area contributed by atoms with Gasteiger partial charge in [0, 0.05) is 18.3 Å². The minimum atomic E-state index is -0.808. The second kappa shape index (κ2) is 6.79. The van der Waals surface area contributed by atoms with Crippen LogP contribution in [0, 0.1) is 0 Å². The second-order valence-electron chi connectivity index (χ2n) is 4.89. The average molecular weight is 285 g/mol. The second-order valence-corrected chi connectivity index (χ2v) is 4.89. The summed E-state index contributed by atoms with van der Waals surface area (Å²) in [6.45, 7) is 2.36. The largest absolute Gasteiger partial charge is 0.497 e. The fourth-order valence-electron chi connectivity index (χ4n) is 2.00. The van der Waals surface area contributed by atoms with Crippen LogP contribution in [0.2, 0.25) is 0 Å². The van der Waals surface area contributed by atoms with Crippen molar-refractivity contribution >= 4 is 11.7 Å². The van der Waals surface area contributed by atoms with Gasteiger partial charge in [0.25, 0.3) is 0 Å². The Labute approximate surface area is 124 Å². The number of carbonyl (C=O) groups is 1. The molecule has 4 heteroatoms. The fourth-order valence-corrected chi connectivity index (χ4v) is 2.00. The van der Waals surface area contributed by atoms with Crippen LogP contribution in [0.5, 0.6) is 5.75 Å². The molecule has 0 spiro atoms. The molecule has 1 atom stereocenters. The predicted molar refractivity (Wildman–Crippen MR) is 82.8 cm³/mol. The Hall–Kier alpha value is -2.49. The molecule has 110 valence electrons. The van der Waals surface area contributed by atoms with Crippen molar-refractivity contribution in [3.63, 3.8) is 0 Å². The van der Waals surface area contributed by atoms with Crippen molar-refractivity contribution in [2.75, 3.05) is 12.4 Å². The molecule has 0 amide bonds. The molecule has 0 saturated heterocycles. The van der Waals surface area contributed by atoms with E-state index >= 15 is 0 Å². The number of nitrogens with one attached hydrogen (secondary N) is 1. The van der Waals surface area contributed by atoms with Crippen molar-refractivity contribution in [3.8, 4) is 5.75 Å². The Kier molecular flexibility index (Phi) is 4.82.